The molecule has 1 saturated heterocycles. The predicted molar refractivity (Wildman–Crippen MR) is 179 cm³/mol. The maximum atomic E-state index is 16.3. The zero-order chi connectivity index (χ0) is 38.3. The van der Waals surface area contributed by atoms with Crippen LogP contribution in [0.15, 0.2) is 52.2 Å². The molecular weight excluding hydrogens is 698 g/mol. The molecule has 0 saturated carbocycles. The predicted octanol–water partition coefficient (Wildman–Crippen LogP) is 2.44. The van der Waals surface area contributed by atoms with Crippen LogP contribution < -0.4 is 26.2 Å². The van der Waals surface area contributed by atoms with Crippen LogP contribution in [-0.4, -0.2) is 88.2 Å². The van der Waals surface area contributed by atoms with Crippen LogP contribution in [0.3, 0.4) is 0 Å². The number of aliphatic hydroxyl groups excluding tert-OH is 1. The van der Waals surface area contributed by atoms with Gasteiger partial charge in [-0.2, -0.15) is 5.09 Å². The number of alkyl carbamates (subject to hydrolysis) is 1. The van der Waals surface area contributed by atoms with E-state index < -0.39 is 97.9 Å². The highest BCUT2D eigenvalue weighted by atomic mass is 31.2. The summed E-state index contributed by atoms with van der Waals surface area (Å²) in [6, 6.07) is 7.53. The number of hydrogen-bond acceptors (Lipinski definition) is 13. The number of aliphatic hydroxyl groups is 1. The first-order chi connectivity index (χ1) is 23.8. The van der Waals surface area contributed by atoms with E-state index in [0.29, 0.717) is 9.13 Å². The van der Waals surface area contributed by atoms with Crippen LogP contribution >= 0.6 is 7.75 Å². The molecule has 19 heteroatoms. The number of para-hydroxylation sites is 1. The minimum absolute atomic E-state index is 0.0474. The van der Waals surface area contributed by atoms with Crippen LogP contribution in [0.4, 0.5) is 9.18 Å². The Balaban J connectivity index is 1.95. The fourth-order valence-corrected chi connectivity index (χ4v) is 6.71. The van der Waals surface area contributed by atoms with Crippen LogP contribution in [0.25, 0.3) is 0 Å². The number of alkyl halides is 1. The van der Waals surface area contributed by atoms with Gasteiger partial charge >= 0.3 is 31.5 Å². The third-order valence-electron chi connectivity index (χ3n) is 8.04. The van der Waals surface area contributed by atoms with Crippen LogP contribution in [0, 0.1) is 5.92 Å². The smallest absolute Gasteiger partial charge is 0.459 e. The number of nitrogens with zero attached hydrogens (tertiary/aromatic N) is 2. The summed E-state index contributed by atoms with van der Waals surface area (Å²) in [5, 5.41) is 15.9. The normalized spacial score (nSPS) is 23.2. The fourth-order valence-electron chi connectivity index (χ4n) is 5.21. The summed E-state index contributed by atoms with van der Waals surface area (Å²) >= 11 is 0. The molecule has 1 amide bonds. The number of aromatic nitrogens is 2. The average molecular weight is 745 g/mol. The van der Waals surface area contributed by atoms with Gasteiger partial charge < -0.3 is 33.9 Å². The first-order valence-corrected chi connectivity index (χ1v) is 17.7. The lowest BCUT2D eigenvalue weighted by molar-refractivity contribution is -0.151. The largest absolute Gasteiger partial charge is 0.467 e. The Hall–Kier alpha value is -4.09. The highest BCUT2D eigenvalue weighted by Gasteiger charge is 2.56. The van der Waals surface area contributed by atoms with Gasteiger partial charge in [-0.05, 0) is 52.7 Å². The summed E-state index contributed by atoms with van der Waals surface area (Å²) in [6.45, 7) is 8.62. The van der Waals surface area contributed by atoms with Gasteiger partial charge in [-0.25, -0.2) is 23.3 Å². The molecule has 51 heavy (non-hydrogen) atoms. The standard InChI is InChI=1S/C32H46FN4O13P/c1-9-46-29(42)34-32(19(2)3,28(41)45-8)18-37-24(38)15-16-36(30(37)43)27-31(7,33)25(39)23(49-27)17-47-51(44,50-22-13-11-10-12-14-22)35-21(6)26(40)48-20(4)5/h10-16,19-21,23,25,27,39H,9,17-18H2,1-8H3,(H,34,42)(H,35,44)/t21-,23+,25+,27+,31+,32+,51-/m0/s1. The summed E-state index contributed by atoms with van der Waals surface area (Å²) in [5.74, 6) is -2.42. The molecular formula is C32H46FN4O13P. The van der Waals surface area contributed by atoms with Gasteiger partial charge in [0.15, 0.2) is 17.4 Å². The van der Waals surface area contributed by atoms with Gasteiger partial charge in [0.2, 0.25) is 0 Å². The molecule has 7 atom stereocenters. The van der Waals surface area contributed by atoms with Crippen LogP contribution in [0.5, 0.6) is 5.75 Å². The number of ether oxygens (including phenoxy) is 4. The lowest BCUT2D eigenvalue weighted by Gasteiger charge is -2.35. The Labute approximate surface area is 293 Å². The van der Waals surface area contributed by atoms with Crippen LogP contribution in [0.2, 0.25) is 0 Å². The van der Waals surface area contributed by atoms with Crippen molar-refractivity contribution < 1.29 is 56.4 Å². The minimum Gasteiger partial charge on any atom is -0.467 e. The summed E-state index contributed by atoms with van der Waals surface area (Å²) in [6.07, 6.45) is -5.99. The summed E-state index contributed by atoms with van der Waals surface area (Å²) in [4.78, 5) is 64.9. The number of hydrogen-bond donors (Lipinski definition) is 3. The number of amides is 1. The number of halogens is 1. The second kappa shape index (κ2) is 17.0. The van der Waals surface area contributed by atoms with E-state index in [9.17, 15) is 33.6 Å². The number of carbonyl (C=O) groups excluding carboxylic acids is 3. The first kappa shape index (κ1) is 41.3. The number of nitrogens with one attached hydrogen (secondary N) is 2. The summed E-state index contributed by atoms with van der Waals surface area (Å²) < 4.78 is 63.4. The highest BCUT2D eigenvalue weighted by molar-refractivity contribution is 7.52. The monoisotopic (exact) mass is 744 g/mol. The van der Waals surface area contributed by atoms with Gasteiger partial charge in [-0.3, -0.25) is 23.2 Å². The van der Waals surface area contributed by atoms with Gasteiger partial charge in [-0.1, -0.05) is 32.0 Å². The van der Waals surface area contributed by atoms with E-state index in [0.717, 1.165) is 26.3 Å². The van der Waals surface area contributed by atoms with Crippen molar-refractivity contribution >= 4 is 25.8 Å². The van der Waals surface area contributed by atoms with Gasteiger partial charge in [-0.15, -0.1) is 0 Å². The van der Waals surface area contributed by atoms with E-state index in [4.69, 9.17) is 28.0 Å². The van der Waals surface area contributed by atoms with E-state index in [1.54, 1.807) is 45.9 Å². The van der Waals surface area contributed by atoms with Crippen LogP contribution in [-0.2, 0) is 44.2 Å². The number of rotatable bonds is 16. The first-order valence-electron chi connectivity index (χ1n) is 16.2. The molecule has 1 aromatic carbocycles. The van der Waals surface area contributed by atoms with Gasteiger partial charge in [0.1, 0.15) is 24.0 Å². The fraction of sp³-hybridized carbons (Fsp3) is 0.594. The maximum absolute atomic E-state index is 16.3. The van der Waals surface area contributed by atoms with Crippen molar-refractivity contribution in [2.75, 3.05) is 20.3 Å². The van der Waals surface area contributed by atoms with Crippen molar-refractivity contribution in [3.63, 3.8) is 0 Å². The van der Waals surface area contributed by atoms with E-state index in [2.05, 4.69) is 10.4 Å². The zero-order valence-corrected chi connectivity index (χ0v) is 30.6. The zero-order valence-electron chi connectivity index (χ0n) is 29.7. The number of carbonyl (C=O) groups is 3. The quantitative estimate of drug-likeness (QED) is 0.128. The number of methoxy groups -OCH3 is 1. The Morgan fingerprint density at radius 3 is 2.33 bits per heavy atom. The summed E-state index contributed by atoms with van der Waals surface area (Å²) in [5.41, 5.74) is -6.78. The Kier molecular flexibility index (Phi) is 13.7. The van der Waals surface area contributed by atoms with Gasteiger partial charge in [0.25, 0.3) is 5.56 Å². The molecule has 0 aliphatic carbocycles. The topological polar surface area (TPSA) is 212 Å². The third kappa shape index (κ3) is 9.62. The van der Waals surface area contributed by atoms with E-state index >= 15 is 4.39 Å². The number of benzene rings is 1. The Bertz CT molecular complexity index is 1700. The summed E-state index contributed by atoms with van der Waals surface area (Å²) in [7, 11) is -3.40. The maximum Gasteiger partial charge on any atom is 0.459 e. The molecule has 2 aromatic rings. The Morgan fingerprint density at radius 1 is 1.12 bits per heavy atom. The second-order valence-corrected chi connectivity index (χ2v) is 14.2. The molecule has 2 heterocycles. The van der Waals surface area contributed by atoms with Crippen molar-refractivity contribution in [1.82, 2.24) is 19.5 Å². The molecule has 0 bridgehead atoms. The molecule has 0 unspecified atom stereocenters. The van der Waals surface area contributed by atoms with Crippen molar-refractivity contribution in [2.24, 2.45) is 5.92 Å². The molecule has 1 aromatic heterocycles. The van der Waals surface area contributed by atoms with Gasteiger partial charge in [0, 0.05) is 12.3 Å². The lowest BCUT2D eigenvalue weighted by Crippen LogP contribution is -2.63. The van der Waals surface area contributed by atoms with Gasteiger partial charge in [0.05, 0.1) is 33.0 Å². The Morgan fingerprint density at radius 2 is 1.76 bits per heavy atom. The van der Waals surface area contributed by atoms with Crippen molar-refractivity contribution in [3.05, 3.63) is 63.4 Å². The molecule has 3 rings (SSSR count). The molecule has 284 valence electrons. The van der Waals surface area contributed by atoms with Crippen molar-refractivity contribution in [2.45, 2.75) is 96.8 Å². The molecule has 0 spiro atoms. The van der Waals surface area contributed by atoms with E-state index in [-0.39, 0.29) is 12.4 Å². The lowest BCUT2D eigenvalue weighted by atomic mass is 9.86. The molecule has 1 aliphatic heterocycles. The minimum atomic E-state index is -4.46. The molecule has 0 radical (unpaired) electrons. The molecule has 17 nitrogen and oxygen atoms in total. The SMILES string of the molecule is CCOC(=O)N[C@@](Cn1c(=O)ccn([C@@H]2O[C@H](CO[P@@](=O)(N[C@@H](C)C(=O)OC(C)C)Oc3ccccc3)[C@@H](O)[C@@]2(C)F)c1=O)(C(=O)OC)C(C)C. The highest BCUT2D eigenvalue weighted by Crippen LogP contribution is 2.47. The molecule has 1 aliphatic rings. The molecule has 1 fully saturated rings. The van der Waals surface area contributed by atoms with Crippen molar-refractivity contribution in [1.29, 1.82) is 0 Å². The second-order valence-electron chi connectivity index (χ2n) is 12.6. The number of esters is 2. The van der Waals surface area contributed by atoms with Crippen molar-refractivity contribution in [3.8, 4) is 5.75 Å². The van der Waals surface area contributed by atoms with E-state index in [1.807, 2.05) is 0 Å². The van der Waals surface area contributed by atoms with Crippen LogP contribution in [0.1, 0.15) is 54.7 Å². The molecule has 3 N–H and O–H groups in total. The van der Waals surface area contributed by atoms with E-state index in [1.165, 1.54) is 26.0 Å². The third-order valence-corrected chi connectivity index (χ3v) is 9.69. The average Bonchev–Trinajstić information content (AvgIpc) is 3.28.